The number of alkyl carbamates (subject to hydrolysis) is 1. The molecule has 0 unspecified atom stereocenters. The summed E-state index contributed by atoms with van der Waals surface area (Å²) in [7, 11) is 0. The molecule has 0 spiro atoms. The van der Waals surface area contributed by atoms with Gasteiger partial charge in [0.05, 0.1) is 12.6 Å². The Hall–Kier alpha value is -1.22. The molecule has 1 saturated heterocycles. The Morgan fingerprint density at radius 1 is 1.38 bits per heavy atom. The van der Waals surface area contributed by atoms with E-state index in [9.17, 15) is 4.79 Å². The van der Waals surface area contributed by atoms with E-state index in [1.54, 1.807) is 0 Å². The van der Waals surface area contributed by atoms with Crippen LogP contribution in [0.5, 0.6) is 0 Å². The first-order chi connectivity index (χ1) is 7.29. The molecular weight excluding hydrogens is 226 g/mol. The second kappa shape index (κ2) is 5.75. The van der Waals surface area contributed by atoms with Crippen LogP contribution in [-0.4, -0.2) is 12.7 Å². The first-order valence-corrected chi connectivity index (χ1v) is 5.31. The monoisotopic (exact) mass is 241 g/mol. The maximum Gasteiger partial charge on any atom is 0.407 e. The van der Waals surface area contributed by atoms with E-state index in [1.165, 1.54) is 5.56 Å². The number of nitrogens with one attached hydrogen (secondary N) is 1. The Balaban J connectivity index is 0.00000128. The zero-order valence-corrected chi connectivity index (χ0v) is 10.0. The number of halogens is 1. The average Bonchev–Trinajstić information content (AvgIpc) is 2.29. The number of benzene rings is 1. The fourth-order valence-corrected chi connectivity index (χ4v) is 1.76. The number of carbonyl (C=O) groups excluding carboxylic acids is 1. The fraction of sp³-hybridized carbons (Fsp3) is 0.417. The van der Waals surface area contributed by atoms with E-state index in [1.807, 2.05) is 0 Å². The Morgan fingerprint density at radius 2 is 2.06 bits per heavy atom. The van der Waals surface area contributed by atoms with Crippen molar-refractivity contribution < 1.29 is 9.53 Å². The highest BCUT2D eigenvalue weighted by molar-refractivity contribution is 5.85. The number of carbonyl (C=O) groups is 1. The van der Waals surface area contributed by atoms with Gasteiger partial charge in [0.25, 0.3) is 0 Å². The van der Waals surface area contributed by atoms with E-state index in [2.05, 4.69) is 36.5 Å². The van der Waals surface area contributed by atoms with E-state index in [-0.39, 0.29) is 24.5 Å². The van der Waals surface area contributed by atoms with E-state index in [0.29, 0.717) is 6.61 Å². The molecule has 0 radical (unpaired) electrons. The molecule has 1 aromatic rings. The summed E-state index contributed by atoms with van der Waals surface area (Å²) in [6.45, 7) is 2.64. The molecule has 0 bridgehead atoms. The molecular formula is C12H16ClNO2. The van der Waals surface area contributed by atoms with Crippen LogP contribution in [0.1, 0.15) is 30.5 Å². The lowest BCUT2D eigenvalue weighted by Crippen LogP contribution is -2.35. The van der Waals surface area contributed by atoms with Gasteiger partial charge in [-0.15, -0.1) is 12.4 Å². The van der Waals surface area contributed by atoms with E-state index in [4.69, 9.17) is 4.74 Å². The van der Waals surface area contributed by atoms with Crippen LogP contribution in [0.15, 0.2) is 24.3 Å². The summed E-state index contributed by atoms with van der Waals surface area (Å²) in [6, 6.07) is 8.48. The third-order valence-electron chi connectivity index (χ3n) is 2.72. The van der Waals surface area contributed by atoms with E-state index >= 15 is 0 Å². The van der Waals surface area contributed by atoms with Crippen LogP contribution in [-0.2, 0) is 11.2 Å². The minimum atomic E-state index is -0.314. The maximum atomic E-state index is 11.0. The van der Waals surface area contributed by atoms with E-state index < -0.39 is 0 Å². The van der Waals surface area contributed by atoms with Crippen LogP contribution in [0.25, 0.3) is 0 Å². The smallest absolute Gasteiger partial charge is 0.407 e. The molecule has 1 atom stereocenters. The molecule has 16 heavy (non-hydrogen) atoms. The molecule has 1 fully saturated rings. The summed E-state index contributed by atoms with van der Waals surface area (Å²) in [4.78, 5) is 11.0. The zero-order chi connectivity index (χ0) is 10.7. The minimum Gasteiger partial charge on any atom is -0.449 e. The Morgan fingerprint density at radius 3 is 2.62 bits per heavy atom. The van der Waals surface area contributed by atoms with Crippen LogP contribution in [0.3, 0.4) is 0 Å². The molecule has 1 aliphatic rings. The van der Waals surface area contributed by atoms with E-state index in [0.717, 1.165) is 18.4 Å². The van der Waals surface area contributed by atoms with Crippen molar-refractivity contribution >= 4 is 18.5 Å². The van der Waals surface area contributed by atoms with Crippen molar-refractivity contribution in [3.63, 3.8) is 0 Å². The second-order valence-corrected chi connectivity index (χ2v) is 3.72. The summed E-state index contributed by atoms with van der Waals surface area (Å²) < 4.78 is 4.82. The Bertz CT molecular complexity index is 351. The van der Waals surface area contributed by atoms with Crippen molar-refractivity contribution in [2.45, 2.75) is 25.8 Å². The first-order valence-electron chi connectivity index (χ1n) is 5.31. The lowest BCUT2D eigenvalue weighted by Gasteiger charge is -2.23. The van der Waals surface area contributed by atoms with Gasteiger partial charge in [0.2, 0.25) is 0 Å². The number of amides is 1. The average molecular weight is 242 g/mol. The van der Waals surface area contributed by atoms with Gasteiger partial charge in [-0.2, -0.15) is 0 Å². The highest BCUT2D eigenvalue weighted by atomic mass is 35.5. The highest BCUT2D eigenvalue weighted by Crippen LogP contribution is 2.20. The normalized spacial score (nSPS) is 19.3. The molecule has 2 rings (SSSR count). The summed E-state index contributed by atoms with van der Waals surface area (Å²) in [5.74, 6) is 0. The molecule has 0 aromatic heterocycles. The van der Waals surface area contributed by atoms with Gasteiger partial charge < -0.3 is 10.1 Å². The predicted molar refractivity (Wildman–Crippen MR) is 64.9 cm³/mol. The molecule has 1 N–H and O–H groups in total. The number of cyclic esters (lactones) is 1. The number of ether oxygens (including phenoxy) is 1. The molecule has 88 valence electrons. The van der Waals surface area contributed by atoms with Crippen LogP contribution in [0.4, 0.5) is 4.79 Å². The summed E-state index contributed by atoms with van der Waals surface area (Å²) in [5, 5.41) is 2.81. The van der Waals surface area contributed by atoms with Crippen molar-refractivity contribution in [3.05, 3.63) is 35.4 Å². The van der Waals surface area contributed by atoms with Gasteiger partial charge in [0, 0.05) is 6.42 Å². The zero-order valence-electron chi connectivity index (χ0n) is 9.23. The van der Waals surface area contributed by atoms with Crippen molar-refractivity contribution in [2.75, 3.05) is 6.61 Å². The SMILES string of the molecule is CCc1ccc([C@@H]2CCOC(=O)N2)cc1.Cl. The molecule has 0 aliphatic carbocycles. The van der Waals surface area contributed by atoms with Gasteiger partial charge >= 0.3 is 6.09 Å². The van der Waals surface area contributed by atoms with Gasteiger partial charge in [0.15, 0.2) is 0 Å². The Kier molecular flexibility index (Phi) is 4.62. The van der Waals surface area contributed by atoms with Gasteiger partial charge in [0.1, 0.15) is 0 Å². The van der Waals surface area contributed by atoms with Gasteiger partial charge in [-0.25, -0.2) is 4.79 Å². The third-order valence-corrected chi connectivity index (χ3v) is 2.72. The third kappa shape index (κ3) is 2.89. The molecule has 1 heterocycles. The van der Waals surface area contributed by atoms with Gasteiger partial charge in [-0.05, 0) is 17.5 Å². The standard InChI is InChI=1S/C12H15NO2.ClH/c1-2-9-3-5-10(6-4-9)11-7-8-15-12(14)13-11;/h3-6,11H,2,7-8H2,1H3,(H,13,14);1H/t11-;/m0./s1. The van der Waals surface area contributed by atoms with Crippen LogP contribution in [0.2, 0.25) is 0 Å². The quantitative estimate of drug-likeness (QED) is 0.865. The topological polar surface area (TPSA) is 38.3 Å². The molecule has 0 saturated carbocycles. The Labute approximate surface area is 102 Å². The van der Waals surface area contributed by atoms with Crippen molar-refractivity contribution in [1.29, 1.82) is 0 Å². The lowest BCUT2D eigenvalue weighted by molar-refractivity contribution is 0.115. The van der Waals surface area contributed by atoms with Crippen LogP contribution < -0.4 is 5.32 Å². The van der Waals surface area contributed by atoms with Crippen molar-refractivity contribution in [2.24, 2.45) is 0 Å². The lowest BCUT2D eigenvalue weighted by atomic mass is 10.0. The molecule has 3 nitrogen and oxygen atoms in total. The van der Waals surface area contributed by atoms with Crippen LogP contribution >= 0.6 is 12.4 Å². The summed E-state index contributed by atoms with van der Waals surface area (Å²) >= 11 is 0. The second-order valence-electron chi connectivity index (χ2n) is 3.72. The number of rotatable bonds is 2. The number of hydrogen-bond donors (Lipinski definition) is 1. The van der Waals surface area contributed by atoms with Crippen molar-refractivity contribution in [1.82, 2.24) is 5.32 Å². The summed E-state index contributed by atoms with van der Waals surface area (Å²) in [5.41, 5.74) is 2.47. The fourth-order valence-electron chi connectivity index (χ4n) is 1.76. The number of aryl methyl sites for hydroxylation is 1. The predicted octanol–water partition coefficient (Wildman–Crippen LogP) is 2.84. The minimum absolute atomic E-state index is 0. The maximum absolute atomic E-state index is 11.0. The van der Waals surface area contributed by atoms with Gasteiger partial charge in [-0.1, -0.05) is 31.2 Å². The highest BCUT2D eigenvalue weighted by Gasteiger charge is 2.20. The van der Waals surface area contributed by atoms with Gasteiger partial charge in [-0.3, -0.25) is 0 Å². The number of hydrogen-bond acceptors (Lipinski definition) is 2. The molecule has 1 aromatic carbocycles. The largest absolute Gasteiger partial charge is 0.449 e. The molecule has 1 aliphatic heterocycles. The molecule has 4 heteroatoms. The van der Waals surface area contributed by atoms with Crippen LogP contribution in [0, 0.1) is 0 Å². The molecule has 1 amide bonds. The summed E-state index contributed by atoms with van der Waals surface area (Å²) in [6.07, 6.45) is 1.57. The first kappa shape index (κ1) is 12.8. The van der Waals surface area contributed by atoms with Crippen molar-refractivity contribution in [3.8, 4) is 0 Å².